The molecule has 102 valence electrons. The molecule has 0 aliphatic carbocycles. The molecule has 1 unspecified atom stereocenters. The van der Waals surface area contributed by atoms with Crippen molar-refractivity contribution in [2.24, 2.45) is 5.73 Å². The number of hydrogen-bond acceptors (Lipinski definition) is 4. The van der Waals surface area contributed by atoms with Gasteiger partial charge in [0.15, 0.2) is 0 Å². The molecule has 3 N–H and O–H groups in total. The molecule has 4 nitrogen and oxygen atoms in total. The topological polar surface area (TPSA) is 58.7 Å². The van der Waals surface area contributed by atoms with Crippen molar-refractivity contribution in [3.05, 3.63) is 34.3 Å². The lowest BCUT2D eigenvalue weighted by atomic mass is 10.1. The first-order valence-electron chi connectivity index (χ1n) is 6.04. The number of halogens is 1. The van der Waals surface area contributed by atoms with Gasteiger partial charge in [-0.05, 0) is 18.7 Å². The first kappa shape index (κ1) is 15.6. The van der Waals surface area contributed by atoms with Crippen LogP contribution in [0, 0.1) is 0 Å². The number of aliphatic hydroxyl groups is 1. The van der Waals surface area contributed by atoms with Gasteiger partial charge in [-0.15, -0.1) is 0 Å². The molecule has 0 aliphatic rings. The van der Waals surface area contributed by atoms with Crippen molar-refractivity contribution in [2.45, 2.75) is 6.04 Å². The molecule has 0 saturated heterocycles. The number of benzene rings is 1. The highest BCUT2D eigenvalue weighted by Gasteiger charge is 2.17. The van der Waals surface area contributed by atoms with Gasteiger partial charge in [-0.3, -0.25) is 4.90 Å². The molecule has 0 saturated carbocycles. The van der Waals surface area contributed by atoms with E-state index in [4.69, 9.17) is 15.6 Å². The number of nitrogens with zero attached hydrogens (tertiary/aromatic N) is 1. The van der Waals surface area contributed by atoms with Gasteiger partial charge in [-0.2, -0.15) is 0 Å². The zero-order valence-electron chi connectivity index (χ0n) is 10.7. The van der Waals surface area contributed by atoms with Crippen LogP contribution >= 0.6 is 15.9 Å². The quantitative estimate of drug-likeness (QED) is 0.712. The summed E-state index contributed by atoms with van der Waals surface area (Å²) in [4.78, 5) is 2.16. The summed E-state index contributed by atoms with van der Waals surface area (Å²) in [5.41, 5.74) is 7.05. The second kappa shape index (κ2) is 8.61. The Bertz CT molecular complexity index is 350. The summed E-state index contributed by atoms with van der Waals surface area (Å²) in [6.07, 6.45) is 0. The van der Waals surface area contributed by atoms with E-state index in [1.54, 1.807) is 0 Å². The lowest BCUT2D eigenvalue weighted by Crippen LogP contribution is -2.33. The van der Waals surface area contributed by atoms with Gasteiger partial charge in [0, 0.05) is 23.6 Å². The minimum atomic E-state index is 0.0638. The fraction of sp³-hybridized carbons (Fsp3) is 0.538. The van der Waals surface area contributed by atoms with Crippen molar-refractivity contribution < 1.29 is 9.84 Å². The van der Waals surface area contributed by atoms with Crippen LogP contribution in [-0.2, 0) is 4.74 Å². The van der Waals surface area contributed by atoms with Crippen LogP contribution in [0.3, 0.4) is 0 Å². The average Bonchev–Trinajstić information content (AvgIpc) is 2.38. The first-order chi connectivity index (χ1) is 8.70. The normalized spacial score (nSPS) is 12.9. The second-order valence-electron chi connectivity index (χ2n) is 4.09. The molecule has 0 aromatic heterocycles. The van der Waals surface area contributed by atoms with E-state index in [1.807, 2.05) is 25.2 Å². The summed E-state index contributed by atoms with van der Waals surface area (Å²) in [6, 6.07) is 8.27. The Kier molecular flexibility index (Phi) is 7.46. The van der Waals surface area contributed by atoms with E-state index >= 15 is 0 Å². The molecule has 0 spiro atoms. The molecule has 5 heteroatoms. The molecule has 0 radical (unpaired) electrons. The molecule has 1 aromatic rings. The van der Waals surface area contributed by atoms with Crippen molar-refractivity contribution in [2.75, 3.05) is 40.0 Å². The first-order valence-corrected chi connectivity index (χ1v) is 6.83. The predicted octanol–water partition coefficient (Wildman–Crippen LogP) is 1.39. The number of aliphatic hydroxyl groups excluding tert-OH is 1. The van der Waals surface area contributed by atoms with Crippen LogP contribution < -0.4 is 5.73 Å². The zero-order valence-corrected chi connectivity index (χ0v) is 12.3. The van der Waals surface area contributed by atoms with Gasteiger partial charge in [0.1, 0.15) is 0 Å². The Morgan fingerprint density at radius 2 is 2.11 bits per heavy atom. The lowest BCUT2D eigenvalue weighted by molar-refractivity contribution is 0.0709. The molecule has 1 aromatic carbocycles. The van der Waals surface area contributed by atoms with Gasteiger partial charge in [0.2, 0.25) is 0 Å². The maximum atomic E-state index is 8.64. The average molecular weight is 317 g/mol. The Hall–Kier alpha value is -0.460. The summed E-state index contributed by atoms with van der Waals surface area (Å²) >= 11 is 3.55. The monoisotopic (exact) mass is 316 g/mol. The molecule has 1 rings (SSSR count). The van der Waals surface area contributed by atoms with Gasteiger partial charge >= 0.3 is 0 Å². The van der Waals surface area contributed by atoms with Gasteiger partial charge in [-0.25, -0.2) is 0 Å². The summed E-state index contributed by atoms with van der Waals surface area (Å²) in [5.74, 6) is 0. The Labute approximate surface area is 117 Å². The van der Waals surface area contributed by atoms with Gasteiger partial charge in [0.05, 0.1) is 19.8 Å². The molecule has 18 heavy (non-hydrogen) atoms. The highest BCUT2D eigenvalue weighted by atomic mass is 79.9. The number of hydrogen-bond donors (Lipinski definition) is 2. The van der Waals surface area contributed by atoms with Crippen molar-refractivity contribution in [1.82, 2.24) is 4.90 Å². The van der Waals surface area contributed by atoms with Crippen molar-refractivity contribution in [1.29, 1.82) is 0 Å². The Morgan fingerprint density at radius 3 is 2.72 bits per heavy atom. The molecule has 0 heterocycles. The lowest BCUT2D eigenvalue weighted by Gasteiger charge is -2.28. The zero-order chi connectivity index (χ0) is 13.4. The highest BCUT2D eigenvalue weighted by Crippen LogP contribution is 2.25. The van der Waals surface area contributed by atoms with E-state index in [1.165, 1.54) is 5.56 Å². The van der Waals surface area contributed by atoms with Gasteiger partial charge < -0.3 is 15.6 Å². The summed E-state index contributed by atoms with van der Waals surface area (Å²) in [6.45, 7) is 2.38. The third-order valence-corrected chi connectivity index (χ3v) is 3.57. The van der Waals surface area contributed by atoms with Gasteiger partial charge in [0.25, 0.3) is 0 Å². The molecular formula is C13H21BrN2O2. The van der Waals surface area contributed by atoms with E-state index in [9.17, 15) is 0 Å². The van der Waals surface area contributed by atoms with Crippen molar-refractivity contribution >= 4 is 15.9 Å². The van der Waals surface area contributed by atoms with E-state index < -0.39 is 0 Å². The van der Waals surface area contributed by atoms with Crippen LogP contribution in [0.25, 0.3) is 0 Å². The van der Waals surface area contributed by atoms with Crippen molar-refractivity contribution in [3.8, 4) is 0 Å². The molecular weight excluding hydrogens is 296 g/mol. The van der Waals surface area contributed by atoms with Crippen LogP contribution in [-0.4, -0.2) is 50.0 Å². The highest BCUT2D eigenvalue weighted by molar-refractivity contribution is 9.10. The minimum Gasteiger partial charge on any atom is -0.394 e. The van der Waals surface area contributed by atoms with Crippen LogP contribution in [0.5, 0.6) is 0 Å². The Balaban J connectivity index is 2.57. The van der Waals surface area contributed by atoms with E-state index in [2.05, 4.69) is 26.9 Å². The smallest absolute Gasteiger partial charge is 0.0698 e. The van der Waals surface area contributed by atoms with Gasteiger partial charge in [-0.1, -0.05) is 34.1 Å². The predicted molar refractivity (Wildman–Crippen MR) is 76.5 cm³/mol. The minimum absolute atomic E-state index is 0.0638. The molecule has 0 amide bonds. The SMILES string of the molecule is CN(CCOCCO)C(CN)c1ccccc1Br. The maximum absolute atomic E-state index is 8.64. The van der Waals surface area contributed by atoms with E-state index in [-0.39, 0.29) is 12.6 Å². The van der Waals surface area contributed by atoms with Crippen LogP contribution in [0.2, 0.25) is 0 Å². The molecule has 0 bridgehead atoms. The third-order valence-electron chi connectivity index (χ3n) is 2.84. The summed E-state index contributed by atoms with van der Waals surface area (Å²) in [7, 11) is 2.03. The van der Waals surface area contributed by atoms with Crippen molar-refractivity contribution in [3.63, 3.8) is 0 Å². The fourth-order valence-electron chi connectivity index (χ4n) is 1.82. The molecule has 0 fully saturated rings. The third kappa shape index (κ3) is 4.66. The second-order valence-corrected chi connectivity index (χ2v) is 4.94. The van der Waals surface area contributed by atoms with E-state index in [0.29, 0.717) is 19.8 Å². The molecule has 1 atom stereocenters. The number of nitrogens with two attached hydrogens (primary N) is 1. The maximum Gasteiger partial charge on any atom is 0.0698 e. The fourth-order valence-corrected chi connectivity index (χ4v) is 2.37. The summed E-state index contributed by atoms with van der Waals surface area (Å²) in [5, 5.41) is 8.64. The Morgan fingerprint density at radius 1 is 1.39 bits per heavy atom. The standard InChI is InChI=1S/C13H21BrN2O2/c1-16(6-8-18-9-7-17)13(10-15)11-4-2-3-5-12(11)14/h2-5,13,17H,6-10,15H2,1H3. The molecule has 0 aliphatic heterocycles. The number of ether oxygens (including phenoxy) is 1. The largest absolute Gasteiger partial charge is 0.394 e. The van der Waals surface area contributed by atoms with Crippen LogP contribution in [0.1, 0.15) is 11.6 Å². The number of rotatable bonds is 8. The van der Waals surface area contributed by atoms with Crippen LogP contribution in [0.15, 0.2) is 28.7 Å². The summed E-state index contributed by atoms with van der Waals surface area (Å²) < 4.78 is 6.34. The van der Waals surface area contributed by atoms with Crippen LogP contribution in [0.4, 0.5) is 0 Å². The number of likely N-dealkylation sites (N-methyl/N-ethyl adjacent to an activating group) is 1. The van der Waals surface area contributed by atoms with E-state index in [0.717, 1.165) is 11.0 Å².